The molecule has 3 rings (SSSR count). The number of anilines is 1. The molecule has 0 radical (unpaired) electrons. The van der Waals surface area contributed by atoms with Gasteiger partial charge in [0, 0.05) is 32.7 Å². The lowest BCUT2D eigenvalue weighted by atomic mass is 10.2. The predicted octanol–water partition coefficient (Wildman–Crippen LogP) is 1.30. The molecule has 10 heteroatoms. The van der Waals surface area contributed by atoms with Crippen LogP contribution < -0.4 is 15.8 Å². The van der Waals surface area contributed by atoms with Gasteiger partial charge >= 0.3 is 6.09 Å². The van der Waals surface area contributed by atoms with Crippen LogP contribution >= 0.6 is 0 Å². The van der Waals surface area contributed by atoms with Crippen molar-refractivity contribution in [3.63, 3.8) is 0 Å². The van der Waals surface area contributed by atoms with E-state index in [1.165, 1.54) is 5.01 Å². The highest BCUT2D eigenvalue weighted by Crippen LogP contribution is 2.15. The van der Waals surface area contributed by atoms with E-state index in [1.54, 1.807) is 4.90 Å². The third-order valence-corrected chi connectivity index (χ3v) is 5.31. The van der Waals surface area contributed by atoms with Crippen molar-refractivity contribution in [3.8, 4) is 0 Å². The van der Waals surface area contributed by atoms with Gasteiger partial charge in [0.15, 0.2) is 0 Å². The first-order valence-electron chi connectivity index (χ1n) is 11.3. The molecule has 0 unspecified atom stereocenters. The zero-order chi connectivity index (χ0) is 24.0. The molecule has 2 heterocycles. The van der Waals surface area contributed by atoms with E-state index in [4.69, 9.17) is 4.74 Å². The van der Waals surface area contributed by atoms with E-state index in [1.807, 2.05) is 52.0 Å². The molecule has 3 amide bonds. The van der Waals surface area contributed by atoms with Gasteiger partial charge in [-0.05, 0) is 52.8 Å². The van der Waals surface area contributed by atoms with Crippen LogP contribution in [0.25, 0.3) is 0 Å². The predicted molar refractivity (Wildman–Crippen MR) is 126 cm³/mol. The summed E-state index contributed by atoms with van der Waals surface area (Å²) >= 11 is 0. The maximum absolute atomic E-state index is 12.5. The van der Waals surface area contributed by atoms with Crippen LogP contribution in [0.5, 0.6) is 0 Å². The average Bonchev–Trinajstić information content (AvgIpc) is 2.77. The maximum atomic E-state index is 12.5. The number of nitrogens with zero attached hydrogens (tertiary/aromatic N) is 4. The fraction of sp³-hybridized carbons (Fsp3) is 0.565. The summed E-state index contributed by atoms with van der Waals surface area (Å²) in [6.45, 7) is 11.6. The van der Waals surface area contributed by atoms with Crippen molar-refractivity contribution in [2.75, 3.05) is 50.8 Å². The van der Waals surface area contributed by atoms with Gasteiger partial charge in [0.1, 0.15) is 12.1 Å². The molecule has 0 atom stereocenters. The van der Waals surface area contributed by atoms with Gasteiger partial charge in [-0.25, -0.2) is 9.80 Å². The van der Waals surface area contributed by atoms with Crippen LogP contribution in [0.2, 0.25) is 0 Å². The largest absolute Gasteiger partial charge is 0.444 e. The number of hydrogen-bond donors (Lipinski definition) is 2. The summed E-state index contributed by atoms with van der Waals surface area (Å²) in [6.07, 6.45) is 0.500. The summed E-state index contributed by atoms with van der Waals surface area (Å²) in [6, 6.07) is 7.46. The van der Waals surface area contributed by atoms with E-state index in [0.29, 0.717) is 25.3 Å². The second-order valence-corrected chi connectivity index (χ2v) is 9.26. The molecule has 0 aromatic heterocycles. The number of nitrogens with one attached hydrogen (secondary N) is 2. The molecule has 33 heavy (non-hydrogen) atoms. The molecule has 0 saturated carbocycles. The highest BCUT2D eigenvalue weighted by molar-refractivity contribution is 6.39. The minimum Gasteiger partial charge on any atom is -0.444 e. The third kappa shape index (κ3) is 7.18. The number of aliphatic imine (C=N–C) groups is 1. The Hall–Kier alpha value is -3.14. The third-order valence-electron chi connectivity index (χ3n) is 5.31. The molecule has 180 valence electrons. The average molecular weight is 459 g/mol. The Morgan fingerprint density at radius 1 is 1.12 bits per heavy atom. The zero-order valence-corrected chi connectivity index (χ0v) is 19.9. The minimum atomic E-state index is -0.492. The number of hydrogen-bond acceptors (Lipinski definition) is 7. The first-order valence-corrected chi connectivity index (χ1v) is 11.3. The van der Waals surface area contributed by atoms with Crippen molar-refractivity contribution >= 4 is 29.4 Å². The Labute approximate surface area is 194 Å². The van der Waals surface area contributed by atoms with Gasteiger partial charge in [0.05, 0.1) is 5.69 Å². The van der Waals surface area contributed by atoms with Gasteiger partial charge in [-0.15, -0.1) is 0 Å². The lowest BCUT2D eigenvalue weighted by molar-refractivity contribution is -0.118. The molecule has 2 aliphatic rings. The molecular formula is C23H34N6O4. The molecular weight excluding hydrogens is 424 g/mol. The molecule has 1 fully saturated rings. The van der Waals surface area contributed by atoms with Gasteiger partial charge in [-0.2, -0.15) is 0 Å². The Bertz CT molecular complexity index is 885. The van der Waals surface area contributed by atoms with Gasteiger partial charge in [0.25, 0.3) is 11.8 Å². The summed E-state index contributed by atoms with van der Waals surface area (Å²) in [4.78, 5) is 44.9. The topological polar surface area (TPSA) is 107 Å². The normalized spacial score (nSPS) is 17.3. The second-order valence-electron chi connectivity index (χ2n) is 9.26. The maximum Gasteiger partial charge on any atom is 0.410 e. The van der Waals surface area contributed by atoms with Crippen molar-refractivity contribution in [1.29, 1.82) is 0 Å². The summed E-state index contributed by atoms with van der Waals surface area (Å²) in [5.74, 6) is -0.434. The summed E-state index contributed by atoms with van der Waals surface area (Å²) < 4.78 is 5.42. The van der Waals surface area contributed by atoms with Crippen molar-refractivity contribution < 1.29 is 19.1 Å². The van der Waals surface area contributed by atoms with Gasteiger partial charge in [-0.1, -0.05) is 17.7 Å². The summed E-state index contributed by atoms with van der Waals surface area (Å²) in [5.41, 5.74) is 4.08. The first-order chi connectivity index (χ1) is 15.6. The van der Waals surface area contributed by atoms with Crippen LogP contribution in [0, 0.1) is 6.92 Å². The molecule has 1 aromatic rings. The number of aryl methyl sites for hydroxylation is 1. The van der Waals surface area contributed by atoms with Crippen LogP contribution in [0.3, 0.4) is 0 Å². The fourth-order valence-corrected chi connectivity index (χ4v) is 3.51. The highest BCUT2D eigenvalue weighted by atomic mass is 16.6. The fourth-order valence-electron chi connectivity index (χ4n) is 3.51. The number of piperazine rings is 1. The standard InChI is InChI=1S/C23H34N6O4/c1-17-6-8-18(9-7-17)29-19(30)16-25-20(26-29)21(31)24-10-5-11-27-12-14-28(15-13-27)22(32)33-23(2,3)4/h6-9H,5,10-16H2,1-4H3,(H,24,31)(H,25,26). The molecule has 0 aliphatic carbocycles. The molecule has 1 aromatic carbocycles. The van der Waals surface area contributed by atoms with E-state index in [0.717, 1.165) is 31.6 Å². The Morgan fingerprint density at radius 3 is 2.42 bits per heavy atom. The lowest BCUT2D eigenvalue weighted by Gasteiger charge is -2.35. The van der Waals surface area contributed by atoms with Gasteiger partial charge in [0.2, 0.25) is 5.84 Å². The summed E-state index contributed by atoms with van der Waals surface area (Å²) in [5, 5.41) is 4.21. The Morgan fingerprint density at radius 2 is 1.79 bits per heavy atom. The van der Waals surface area contributed by atoms with Crippen molar-refractivity contribution in [2.45, 2.75) is 39.7 Å². The first kappa shape index (κ1) is 24.5. The summed E-state index contributed by atoms with van der Waals surface area (Å²) in [7, 11) is 0. The van der Waals surface area contributed by atoms with Gasteiger partial charge in [-0.3, -0.25) is 24.9 Å². The van der Waals surface area contributed by atoms with Crippen LogP contribution in [-0.2, 0) is 14.3 Å². The quantitative estimate of drug-likeness (QED) is 0.623. The number of benzene rings is 1. The van der Waals surface area contributed by atoms with Crippen LogP contribution in [-0.4, -0.2) is 85.0 Å². The number of ether oxygens (including phenoxy) is 1. The minimum absolute atomic E-state index is 0.0778. The van der Waals surface area contributed by atoms with E-state index in [9.17, 15) is 14.4 Å². The van der Waals surface area contributed by atoms with Gasteiger partial charge < -0.3 is 15.0 Å². The van der Waals surface area contributed by atoms with Crippen LogP contribution in [0.4, 0.5) is 10.5 Å². The number of amides is 3. The number of rotatable bonds is 6. The van der Waals surface area contributed by atoms with E-state index < -0.39 is 5.60 Å². The van der Waals surface area contributed by atoms with Crippen LogP contribution in [0.1, 0.15) is 32.8 Å². The molecule has 1 saturated heterocycles. The van der Waals surface area contributed by atoms with E-state index >= 15 is 0 Å². The monoisotopic (exact) mass is 458 g/mol. The lowest BCUT2D eigenvalue weighted by Crippen LogP contribution is -2.56. The van der Waals surface area contributed by atoms with Crippen molar-refractivity contribution in [2.24, 2.45) is 4.99 Å². The van der Waals surface area contributed by atoms with Crippen molar-refractivity contribution in [3.05, 3.63) is 29.8 Å². The number of hydrazine groups is 1. The highest BCUT2D eigenvalue weighted by Gasteiger charge is 2.27. The number of carbonyl (C=O) groups excluding carboxylic acids is 3. The van der Waals surface area contributed by atoms with Crippen molar-refractivity contribution in [1.82, 2.24) is 20.5 Å². The number of carbonyl (C=O) groups is 3. The van der Waals surface area contributed by atoms with E-state index in [2.05, 4.69) is 20.6 Å². The Kier molecular flexibility index (Phi) is 7.91. The number of amidine groups is 1. The molecule has 10 nitrogen and oxygen atoms in total. The molecule has 2 aliphatic heterocycles. The molecule has 0 spiro atoms. The molecule has 2 N–H and O–H groups in total. The zero-order valence-electron chi connectivity index (χ0n) is 19.9. The Balaban J connectivity index is 1.37. The second kappa shape index (κ2) is 10.7. The van der Waals surface area contributed by atoms with Crippen LogP contribution in [0.15, 0.2) is 29.3 Å². The smallest absolute Gasteiger partial charge is 0.410 e. The van der Waals surface area contributed by atoms with E-state index in [-0.39, 0.29) is 30.3 Å². The molecule has 0 bridgehead atoms. The SMILES string of the molecule is Cc1ccc(N2NC(C(=O)NCCCN3CCN(C(=O)OC(C)(C)C)CC3)=NCC2=O)cc1.